The quantitative estimate of drug-likeness (QED) is 0.290. The number of rotatable bonds is 0. The van der Waals surface area contributed by atoms with Gasteiger partial charge in [0.2, 0.25) is 0 Å². The van der Waals surface area contributed by atoms with Gasteiger partial charge in [-0.1, -0.05) is 0 Å². The summed E-state index contributed by atoms with van der Waals surface area (Å²) in [6.07, 6.45) is 0. The smallest absolute Gasteiger partial charge is 0.414 e. The van der Waals surface area contributed by atoms with Crippen molar-refractivity contribution >= 4 is 35.0 Å². The number of carboxylic acids is 2. The molecule has 0 fully saturated rings. The van der Waals surface area contributed by atoms with Gasteiger partial charge in [-0.05, 0) is 0 Å². The van der Waals surface area contributed by atoms with E-state index in [0.717, 1.165) is 0 Å². The number of carboxylic acid groups (broad SMARTS) is 2. The summed E-state index contributed by atoms with van der Waals surface area (Å²) in [4.78, 5) is 18.2. The van der Waals surface area contributed by atoms with Crippen molar-refractivity contribution in [3.63, 3.8) is 0 Å². The molecule has 0 aromatic carbocycles. The fraction of sp³-hybridized carbons (Fsp3) is 0. The van der Waals surface area contributed by atoms with E-state index in [4.69, 9.17) is 19.8 Å². The second kappa shape index (κ2) is 3.88. The SMILES string of the molecule is O=C(O)C(=O)O.[MgH2]. The fourth-order valence-corrected chi connectivity index (χ4v) is 0. The monoisotopic (exact) mass is 116 g/mol. The van der Waals surface area contributed by atoms with Gasteiger partial charge in [0.25, 0.3) is 0 Å². The Labute approximate surface area is 55.3 Å². The van der Waals surface area contributed by atoms with Crippen molar-refractivity contribution < 1.29 is 19.8 Å². The van der Waals surface area contributed by atoms with Gasteiger partial charge in [-0.25, -0.2) is 9.59 Å². The molecule has 2 N–H and O–H groups in total. The van der Waals surface area contributed by atoms with Crippen molar-refractivity contribution in [2.75, 3.05) is 0 Å². The van der Waals surface area contributed by atoms with Crippen LogP contribution in [0.2, 0.25) is 0 Å². The third-order valence-corrected chi connectivity index (χ3v) is 0.183. The Hall–Kier alpha value is -0.294. The molecule has 0 saturated heterocycles. The predicted molar refractivity (Wildman–Crippen MR) is 23.8 cm³/mol. The summed E-state index contributed by atoms with van der Waals surface area (Å²) in [6, 6.07) is 0. The normalized spacial score (nSPS) is 6.29. The molecule has 0 amide bonds. The fourth-order valence-electron chi connectivity index (χ4n) is 0. The van der Waals surface area contributed by atoms with Crippen LogP contribution in [0.1, 0.15) is 0 Å². The summed E-state index contributed by atoms with van der Waals surface area (Å²) in [7, 11) is 0. The zero-order chi connectivity index (χ0) is 5.15. The molecule has 0 atom stereocenters. The van der Waals surface area contributed by atoms with Gasteiger partial charge < -0.3 is 10.2 Å². The highest BCUT2D eigenvalue weighted by atomic mass is 24.3. The second-order valence-electron chi connectivity index (χ2n) is 0.610. The van der Waals surface area contributed by atoms with Gasteiger partial charge in [-0.2, -0.15) is 0 Å². The average molecular weight is 116 g/mol. The summed E-state index contributed by atoms with van der Waals surface area (Å²) in [5.74, 6) is -3.65. The van der Waals surface area contributed by atoms with Crippen molar-refractivity contribution in [3.8, 4) is 0 Å². The first-order valence-electron chi connectivity index (χ1n) is 1.11. The molecule has 0 unspecified atom stereocenters. The Morgan fingerprint density at radius 2 is 1.14 bits per heavy atom. The zero-order valence-corrected chi connectivity index (χ0v) is 2.71. The van der Waals surface area contributed by atoms with Crippen LogP contribution in [0.25, 0.3) is 0 Å². The van der Waals surface area contributed by atoms with Crippen molar-refractivity contribution in [1.82, 2.24) is 0 Å². The van der Waals surface area contributed by atoms with Crippen molar-refractivity contribution in [2.45, 2.75) is 0 Å². The minimum absolute atomic E-state index is 0. The molecule has 0 aromatic rings. The first kappa shape index (κ1) is 9.86. The van der Waals surface area contributed by atoms with Crippen LogP contribution in [0.4, 0.5) is 0 Å². The zero-order valence-electron chi connectivity index (χ0n) is 2.71. The Kier molecular flexibility index (Phi) is 5.47. The van der Waals surface area contributed by atoms with E-state index in [9.17, 15) is 0 Å². The molecule has 0 bridgehead atoms. The van der Waals surface area contributed by atoms with Crippen LogP contribution in [0.15, 0.2) is 0 Å². The molecular formula is C2H4MgO4. The highest BCUT2D eigenvalue weighted by Gasteiger charge is 2.04. The van der Waals surface area contributed by atoms with Crippen LogP contribution in [0.5, 0.6) is 0 Å². The molecule has 0 radical (unpaired) electrons. The number of carbonyl (C=O) groups is 2. The van der Waals surface area contributed by atoms with Crippen LogP contribution in [0.3, 0.4) is 0 Å². The molecule has 0 aromatic heterocycles. The van der Waals surface area contributed by atoms with Gasteiger partial charge in [0.05, 0.1) is 0 Å². The van der Waals surface area contributed by atoms with E-state index >= 15 is 0 Å². The van der Waals surface area contributed by atoms with Crippen molar-refractivity contribution in [1.29, 1.82) is 0 Å². The molecule has 0 aliphatic rings. The average Bonchev–Trinajstić information content (AvgIpc) is 1.36. The molecule has 7 heavy (non-hydrogen) atoms. The van der Waals surface area contributed by atoms with Crippen molar-refractivity contribution in [2.24, 2.45) is 0 Å². The summed E-state index contributed by atoms with van der Waals surface area (Å²) in [5, 5.41) is 14.8. The summed E-state index contributed by atoms with van der Waals surface area (Å²) >= 11 is 0. The minimum Gasteiger partial charge on any atom is -0.473 e. The third kappa shape index (κ3) is 5.71. The largest absolute Gasteiger partial charge is 0.473 e. The van der Waals surface area contributed by atoms with E-state index < -0.39 is 11.9 Å². The van der Waals surface area contributed by atoms with E-state index in [1.54, 1.807) is 0 Å². The standard InChI is InChI=1S/C2H2O4.Mg.2H/c3-1(4)2(5)6;;;/h(H,3,4)(H,5,6);;;. The molecule has 0 rings (SSSR count). The molecular weight excluding hydrogens is 112 g/mol. The van der Waals surface area contributed by atoms with Crippen LogP contribution in [-0.2, 0) is 9.59 Å². The van der Waals surface area contributed by atoms with E-state index in [1.807, 2.05) is 0 Å². The van der Waals surface area contributed by atoms with E-state index in [1.165, 1.54) is 0 Å². The lowest BCUT2D eigenvalue weighted by Crippen LogP contribution is -2.09. The molecule has 4 nitrogen and oxygen atoms in total. The highest BCUT2D eigenvalue weighted by Crippen LogP contribution is 1.56. The van der Waals surface area contributed by atoms with E-state index in [-0.39, 0.29) is 23.1 Å². The van der Waals surface area contributed by atoms with Crippen LogP contribution < -0.4 is 0 Å². The van der Waals surface area contributed by atoms with E-state index in [0.29, 0.717) is 0 Å². The maximum absolute atomic E-state index is 9.10. The minimum atomic E-state index is -1.82. The van der Waals surface area contributed by atoms with Gasteiger partial charge in [0, 0.05) is 0 Å². The van der Waals surface area contributed by atoms with Gasteiger partial charge in [-0.3, -0.25) is 0 Å². The molecule has 0 heterocycles. The third-order valence-electron chi connectivity index (χ3n) is 0.183. The molecule has 0 aliphatic carbocycles. The molecule has 0 aliphatic heterocycles. The topological polar surface area (TPSA) is 74.6 Å². The summed E-state index contributed by atoms with van der Waals surface area (Å²) < 4.78 is 0. The lowest BCUT2D eigenvalue weighted by molar-refractivity contribution is -0.159. The van der Waals surface area contributed by atoms with Crippen LogP contribution in [-0.4, -0.2) is 45.2 Å². The Morgan fingerprint density at radius 3 is 1.14 bits per heavy atom. The number of hydrogen-bond donors (Lipinski definition) is 2. The van der Waals surface area contributed by atoms with Gasteiger partial charge in [0.1, 0.15) is 0 Å². The van der Waals surface area contributed by atoms with Crippen LogP contribution >= 0.6 is 0 Å². The predicted octanol–water partition coefficient (Wildman–Crippen LogP) is -1.76. The van der Waals surface area contributed by atoms with Gasteiger partial charge >= 0.3 is 35.0 Å². The molecule has 0 spiro atoms. The lowest BCUT2D eigenvalue weighted by atomic mass is 10.7. The lowest BCUT2D eigenvalue weighted by Gasteiger charge is -1.72. The first-order valence-corrected chi connectivity index (χ1v) is 1.11. The van der Waals surface area contributed by atoms with Gasteiger partial charge in [-0.15, -0.1) is 0 Å². The Morgan fingerprint density at radius 1 is 1.00 bits per heavy atom. The van der Waals surface area contributed by atoms with Crippen LogP contribution in [0, 0.1) is 0 Å². The summed E-state index contributed by atoms with van der Waals surface area (Å²) in [6.45, 7) is 0. The van der Waals surface area contributed by atoms with Crippen molar-refractivity contribution in [3.05, 3.63) is 0 Å². The highest BCUT2D eigenvalue weighted by molar-refractivity contribution is 6.27. The molecule has 5 heteroatoms. The maximum atomic E-state index is 9.10. The second-order valence-corrected chi connectivity index (χ2v) is 0.610. The summed E-state index contributed by atoms with van der Waals surface area (Å²) in [5.41, 5.74) is 0. The Balaban J connectivity index is 0. The molecule has 0 saturated carbocycles. The molecule has 38 valence electrons. The Bertz CT molecular complexity index is 75.7. The maximum Gasteiger partial charge on any atom is 0.414 e. The number of hydrogen-bond acceptors (Lipinski definition) is 2. The first-order chi connectivity index (χ1) is 2.64. The number of aliphatic carboxylic acids is 2. The van der Waals surface area contributed by atoms with E-state index in [2.05, 4.69) is 0 Å². The van der Waals surface area contributed by atoms with Gasteiger partial charge in [0.15, 0.2) is 0 Å².